The van der Waals surface area contributed by atoms with Gasteiger partial charge in [-0.25, -0.2) is 0 Å². The van der Waals surface area contributed by atoms with Crippen LogP contribution in [0.15, 0.2) is 48.5 Å². The maximum Gasteiger partial charge on any atom is 0.127 e. The molecule has 0 aliphatic heterocycles. The smallest absolute Gasteiger partial charge is 0.127 e. The lowest BCUT2D eigenvalue weighted by Crippen LogP contribution is -1.88. The highest BCUT2D eigenvalue weighted by atomic mass is 16.5. The third kappa shape index (κ3) is 3.33. The largest absolute Gasteiger partial charge is 0.457 e. The Balaban J connectivity index is 2.05. The van der Waals surface area contributed by atoms with Gasteiger partial charge in [0.05, 0.1) is 6.61 Å². The Kier molecular flexibility index (Phi) is 3.78. The van der Waals surface area contributed by atoms with E-state index in [0.717, 1.165) is 17.1 Å². The lowest BCUT2D eigenvalue weighted by atomic mass is 10.2. The topological polar surface area (TPSA) is 18.5 Å². The lowest BCUT2D eigenvalue weighted by Gasteiger charge is -2.06. The molecule has 2 aromatic carbocycles. The molecule has 0 saturated heterocycles. The summed E-state index contributed by atoms with van der Waals surface area (Å²) in [4.78, 5) is 0. The van der Waals surface area contributed by atoms with Crippen LogP contribution in [0.3, 0.4) is 0 Å². The Morgan fingerprint density at radius 2 is 1.35 bits per heavy atom. The molecule has 2 nitrogen and oxygen atoms in total. The van der Waals surface area contributed by atoms with Gasteiger partial charge >= 0.3 is 0 Å². The fourth-order valence-electron chi connectivity index (χ4n) is 1.56. The maximum absolute atomic E-state index is 5.73. The molecular formula is C15H16O2. The van der Waals surface area contributed by atoms with Crippen LogP contribution in [0.4, 0.5) is 0 Å². The first-order valence-corrected chi connectivity index (χ1v) is 5.60. The highest BCUT2D eigenvalue weighted by molar-refractivity contribution is 5.34. The summed E-state index contributed by atoms with van der Waals surface area (Å²) in [6, 6.07) is 15.9. The van der Waals surface area contributed by atoms with Gasteiger partial charge in [-0.05, 0) is 36.8 Å². The van der Waals surface area contributed by atoms with Gasteiger partial charge in [-0.2, -0.15) is 0 Å². The van der Waals surface area contributed by atoms with Crippen LogP contribution in [0.5, 0.6) is 11.5 Å². The molecule has 0 aliphatic rings. The van der Waals surface area contributed by atoms with E-state index in [1.54, 1.807) is 7.11 Å². The van der Waals surface area contributed by atoms with E-state index in [-0.39, 0.29) is 0 Å². The molecule has 0 atom stereocenters. The van der Waals surface area contributed by atoms with Gasteiger partial charge in [0.25, 0.3) is 0 Å². The van der Waals surface area contributed by atoms with Crippen LogP contribution in [0, 0.1) is 6.92 Å². The van der Waals surface area contributed by atoms with Gasteiger partial charge in [0.2, 0.25) is 0 Å². The van der Waals surface area contributed by atoms with Gasteiger partial charge in [0.1, 0.15) is 11.5 Å². The Bertz CT molecular complexity index is 457. The van der Waals surface area contributed by atoms with E-state index in [0.29, 0.717) is 6.61 Å². The van der Waals surface area contributed by atoms with Crippen LogP contribution in [-0.4, -0.2) is 7.11 Å². The summed E-state index contributed by atoms with van der Waals surface area (Å²) in [5, 5.41) is 0. The van der Waals surface area contributed by atoms with E-state index in [9.17, 15) is 0 Å². The minimum atomic E-state index is 0.630. The Morgan fingerprint density at radius 3 is 1.88 bits per heavy atom. The van der Waals surface area contributed by atoms with E-state index in [2.05, 4.69) is 6.92 Å². The molecule has 0 amide bonds. The minimum Gasteiger partial charge on any atom is -0.457 e. The summed E-state index contributed by atoms with van der Waals surface area (Å²) in [6.45, 7) is 2.69. The van der Waals surface area contributed by atoms with Crippen molar-refractivity contribution < 1.29 is 9.47 Å². The third-order valence-electron chi connectivity index (χ3n) is 2.49. The van der Waals surface area contributed by atoms with Crippen molar-refractivity contribution in [3.63, 3.8) is 0 Å². The number of ether oxygens (including phenoxy) is 2. The van der Waals surface area contributed by atoms with Crippen molar-refractivity contribution in [3.05, 3.63) is 59.7 Å². The van der Waals surface area contributed by atoms with Crippen molar-refractivity contribution in [2.45, 2.75) is 13.5 Å². The zero-order valence-corrected chi connectivity index (χ0v) is 10.1. The molecule has 88 valence electrons. The second-order valence-electron chi connectivity index (χ2n) is 3.99. The third-order valence-corrected chi connectivity index (χ3v) is 2.49. The molecule has 0 aromatic heterocycles. The van der Waals surface area contributed by atoms with Crippen LogP contribution < -0.4 is 4.74 Å². The van der Waals surface area contributed by atoms with Gasteiger partial charge in [0.15, 0.2) is 0 Å². The van der Waals surface area contributed by atoms with E-state index < -0.39 is 0 Å². The number of hydrogen-bond acceptors (Lipinski definition) is 2. The van der Waals surface area contributed by atoms with Gasteiger partial charge in [0, 0.05) is 7.11 Å². The quantitative estimate of drug-likeness (QED) is 0.789. The Morgan fingerprint density at radius 1 is 0.824 bits per heavy atom. The summed E-state index contributed by atoms with van der Waals surface area (Å²) in [6.07, 6.45) is 0. The van der Waals surface area contributed by atoms with Gasteiger partial charge in [-0.1, -0.05) is 29.8 Å². The second kappa shape index (κ2) is 5.51. The number of aryl methyl sites for hydroxylation is 1. The van der Waals surface area contributed by atoms with Crippen LogP contribution in [0.1, 0.15) is 11.1 Å². The average Bonchev–Trinajstić information content (AvgIpc) is 2.35. The second-order valence-corrected chi connectivity index (χ2v) is 3.99. The predicted molar refractivity (Wildman–Crippen MR) is 68.4 cm³/mol. The van der Waals surface area contributed by atoms with Crippen molar-refractivity contribution in [3.8, 4) is 11.5 Å². The van der Waals surface area contributed by atoms with E-state index in [1.165, 1.54) is 5.56 Å². The summed E-state index contributed by atoms with van der Waals surface area (Å²) in [5.41, 5.74) is 2.37. The molecule has 0 radical (unpaired) electrons. The predicted octanol–water partition coefficient (Wildman–Crippen LogP) is 3.93. The van der Waals surface area contributed by atoms with Crippen LogP contribution >= 0.6 is 0 Å². The van der Waals surface area contributed by atoms with Gasteiger partial charge in [-0.3, -0.25) is 0 Å². The summed E-state index contributed by atoms with van der Waals surface area (Å²) >= 11 is 0. The molecule has 2 heteroatoms. The molecule has 0 spiro atoms. The molecule has 0 N–H and O–H groups in total. The van der Waals surface area contributed by atoms with Crippen LogP contribution in [-0.2, 0) is 11.3 Å². The Hall–Kier alpha value is -1.80. The monoisotopic (exact) mass is 228 g/mol. The fraction of sp³-hybridized carbons (Fsp3) is 0.200. The summed E-state index contributed by atoms with van der Waals surface area (Å²) < 4.78 is 10.8. The molecule has 0 heterocycles. The molecule has 0 fully saturated rings. The van der Waals surface area contributed by atoms with E-state index in [4.69, 9.17) is 9.47 Å². The number of rotatable bonds is 4. The van der Waals surface area contributed by atoms with Crippen molar-refractivity contribution in [2.24, 2.45) is 0 Å². The summed E-state index contributed by atoms with van der Waals surface area (Å²) in [7, 11) is 1.69. The maximum atomic E-state index is 5.73. The number of hydrogen-bond donors (Lipinski definition) is 0. The van der Waals surface area contributed by atoms with E-state index >= 15 is 0 Å². The molecule has 0 aliphatic carbocycles. The molecule has 0 bridgehead atoms. The zero-order chi connectivity index (χ0) is 12.1. The van der Waals surface area contributed by atoms with Crippen molar-refractivity contribution >= 4 is 0 Å². The number of benzene rings is 2. The fourth-order valence-corrected chi connectivity index (χ4v) is 1.56. The molecule has 0 unspecified atom stereocenters. The van der Waals surface area contributed by atoms with E-state index in [1.807, 2.05) is 48.5 Å². The minimum absolute atomic E-state index is 0.630. The first-order chi connectivity index (χ1) is 8.28. The highest BCUT2D eigenvalue weighted by Crippen LogP contribution is 2.22. The first-order valence-electron chi connectivity index (χ1n) is 5.60. The van der Waals surface area contributed by atoms with Crippen LogP contribution in [0.2, 0.25) is 0 Å². The average molecular weight is 228 g/mol. The zero-order valence-electron chi connectivity index (χ0n) is 10.1. The number of methoxy groups -OCH3 is 1. The molecule has 17 heavy (non-hydrogen) atoms. The van der Waals surface area contributed by atoms with Crippen molar-refractivity contribution in [2.75, 3.05) is 7.11 Å². The van der Waals surface area contributed by atoms with Crippen LogP contribution in [0.25, 0.3) is 0 Å². The molecule has 2 aromatic rings. The molecule has 2 rings (SSSR count). The van der Waals surface area contributed by atoms with Gasteiger partial charge < -0.3 is 9.47 Å². The highest BCUT2D eigenvalue weighted by Gasteiger charge is 1.97. The van der Waals surface area contributed by atoms with Crippen molar-refractivity contribution in [1.29, 1.82) is 0 Å². The SMILES string of the molecule is COCc1ccc(Oc2ccc(C)cc2)cc1. The molecule has 0 saturated carbocycles. The lowest BCUT2D eigenvalue weighted by molar-refractivity contribution is 0.185. The van der Waals surface area contributed by atoms with Gasteiger partial charge in [-0.15, -0.1) is 0 Å². The first kappa shape index (κ1) is 11.7. The standard InChI is InChI=1S/C15H16O2/c1-12-3-7-14(8-4-12)17-15-9-5-13(6-10-15)11-16-2/h3-10H,11H2,1-2H3. The normalized spacial score (nSPS) is 10.2. The molecular weight excluding hydrogens is 212 g/mol. The summed E-state index contributed by atoms with van der Waals surface area (Å²) in [5.74, 6) is 1.70. The Labute approximate surface area is 102 Å². The van der Waals surface area contributed by atoms with Crippen molar-refractivity contribution in [1.82, 2.24) is 0 Å².